The van der Waals surface area contributed by atoms with Crippen molar-refractivity contribution >= 4 is 0 Å². The first kappa shape index (κ1) is 11.4. The van der Waals surface area contributed by atoms with Crippen molar-refractivity contribution < 1.29 is 0 Å². The largest absolute Gasteiger partial charge is 0.254 e. The van der Waals surface area contributed by atoms with Crippen molar-refractivity contribution in [3.8, 4) is 11.4 Å². The van der Waals surface area contributed by atoms with Gasteiger partial charge in [-0.05, 0) is 30.9 Å². The van der Waals surface area contributed by atoms with Crippen LogP contribution < -0.4 is 0 Å². The van der Waals surface area contributed by atoms with Crippen LogP contribution in [-0.2, 0) is 0 Å². The molecule has 18 heavy (non-hydrogen) atoms. The molecule has 0 aromatic carbocycles. The van der Waals surface area contributed by atoms with Gasteiger partial charge in [-0.25, -0.2) is 4.68 Å². The van der Waals surface area contributed by atoms with Gasteiger partial charge in [-0.3, -0.25) is 4.98 Å². The molecule has 3 rings (SSSR count). The first-order valence-electron chi connectivity index (χ1n) is 6.66. The lowest BCUT2D eigenvalue weighted by atomic mass is 9.87. The van der Waals surface area contributed by atoms with Crippen LogP contribution in [0.2, 0.25) is 0 Å². The smallest absolute Gasteiger partial charge is 0.131 e. The van der Waals surface area contributed by atoms with Gasteiger partial charge < -0.3 is 0 Å². The van der Waals surface area contributed by atoms with Gasteiger partial charge in [-0.15, -0.1) is 5.10 Å². The number of aromatic nitrogens is 4. The van der Waals surface area contributed by atoms with Crippen molar-refractivity contribution in [1.82, 2.24) is 20.0 Å². The second-order valence-electron chi connectivity index (χ2n) is 5.22. The minimum atomic E-state index is 0.513. The number of pyridine rings is 1. The van der Waals surface area contributed by atoms with Crippen molar-refractivity contribution in [1.29, 1.82) is 0 Å². The molecule has 2 heterocycles. The molecule has 0 radical (unpaired) electrons. The highest BCUT2D eigenvalue weighted by atomic mass is 15.4. The molecule has 2 unspecified atom stereocenters. The molecule has 0 amide bonds. The van der Waals surface area contributed by atoms with Crippen molar-refractivity contribution in [3.63, 3.8) is 0 Å². The van der Waals surface area contributed by atoms with Crippen LogP contribution in [0.4, 0.5) is 0 Å². The average molecular weight is 242 g/mol. The molecule has 1 fully saturated rings. The summed E-state index contributed by atoms with van der Waals surface area (Å²) >= 11 is 0. The highest BCUT2D eigenvalue weighted by Gasteiger charge is 2.21. The van der Waals surface area contributed by atoms with Crippen LogP contribution in [0.25, 0.3) is 11.4 Å². The predicted octanol–water partition coefficient (Wildman–Crippen LogP) is 3.09. The van der Waals surface area contributed by atoms with Gasteiger partial charge in [0.1, 0.15) is 5.69 Å². The zero-order valence-corrected chi connectivity index (χ0v) is 10.7. The Labute approximate surface area is 107 Å². The fourth-order valence-corrected chi connectivity index (χ4v) is 2.73. The molecular formula is C14H18N4. The lowest BCUT2D eigenvalue weighted by molar-refractivity contribution is 0.263. The average Bonchev–Trinajstić information content (AvgIpc) is 2.89. The summed E-state index contributed by atoms with van der Waals surface area (Å²) in [6.07, 6.45) is 8.89. The molecule has 1 saturated carbocycles. The summed E-state index contributed by atoms with van der Waals surface area (Å²) in [6, 6.07) is 6.37. The van der Waals surface area contributed by atoms with Crippen LogP contribution >= 0.6 is 0 Å². The monoisotopic (exact) mass is 242 g/mol. The minimum absolute atomic E-state index is 0.513. The second kappa shape index (κ2) is 4.88. The number of rotatable bonds is 2. The Bertz CT molecular complexity index is 506. The Balaban J connectivity index is 1.81. The molecule has 4 nitrogen and oxygen atoms in total. The maximum Gasteiger partial charge on any atom is 0.131 e. The summed E-state index contributed by atoms with van der Waals surface area (Å²) in [5, 5.41) is 8.51. The molecule has 0 spiro atoms. The van der Waals surface area contributed by atoms with Crippen molar-refractivity contribution in [2.45, 2.75) is 38.6 Å². The summed E-state index contributed by atoms with van der Waals surface area (Å²) in [7, 11) is 0. The van der Waals surface area contributed by atoms with Gasteiger partial charge in [0.05, 0.1) is 17.9 Å². The Morgan fingerprint density at radius 3 is 2.94 bits per heavy atom. The van der Waals surface area contributed by atoms with Crippen LogP contribution in [0.5, 0.6) is 0 Å². The van der Waals surface area contributed by atoms with Crippen LogP contribution in [0, 0.1) is 5.92 Å². The Kier molecular flexibility index (Phi) is 3.09. The van der Waals surface area contributed by atoms with Crippen molar-refractivity contribution in [2.75, 3.05) is 0 Å². The van der Waals surface area contributed by atoms with Gasteiger partial charge in [0.2, 0.25) is 0 Å². The predicted molar refractivity (Wildman–Crippen MR) is 69.9 cm³/mol. The Morgan fingerprint density at radius 2 is 2.17 bits per heavy atom. The lowest BCUT2D eigenvalue weighted by Crippen LogP contribution is -2.18. The van der Waals surface area contributed by atoms with E-state index in [1.807, 2.05) is 29.1 Å². The standard InChI is InChI=1S/C14H18N4/c1-11-5-4-6-12(9-11)18-10-14(16-17-18)13-7-2-3-8-15-13/h2-3,7-8,10-12H,4-6,9H2,1H3. The number of nitrogens with zero attached hydrogens (tertiary/aromatic N) is 4. The van der Waals surface area contributed by atoms with E-state index in [1.165, 1.54) is 25.7 Å². The van der Waals surface area contributed by atoms with Gasteiger partial charge in [0.25, 0.3) is 0 Å². The van der Waals surface area contributed by atoms with Crippen molar-refractivity contribution in [3.05, 3.63) is 30.6 Å². The fraction of sp³-hybridized carbons (Fsp3) is 0.500. The maximum atomic E-state index is 4.31. The van der Waals surface area contributed by atoms with Gasteiger partial charge in [0, 0.05) is 6.20 Å². The molecule has 2 aromatic rings. The van der Waals surface area contributed by atoms with E-state index in [0.717, 1.165) is 17.3 Å². The topological polar surface area (TPSA) is 43.6 Å². The normalized spacial score (nSPS) is 24.1. The second-order valence-corrected chi connectivity index (χ2v) is 5.22. The van der Waals surface area contributed by atoms with Crippen LogP contribution in [0.3, 0.4) is 0 Å². The van der Waals surface area contributed by atoms with E-state index in [-0.39, 0.29) is 0 Å². The summed E-state index contributed by atoms with van der Waals surface area (Å²) in [5.74, 6) is 0.797. The molecule has 94 valence electrons. The third-order valence-electron chi connectivity index (χ3n) is 3.72. The number of hydrogen-bond donors (Lipinski definition) is 0. The minimum Gasteiger partial charge on any atom is -0.254 e. The quantitative estimate of drug-likeness (QED) is 0.812. The summed E-state index contributed by atoms with van der Waals surface area (Å²) < 4.78 is 2.03. The SMILES string of the molecule is CC1CCCC(n2cc(-c3ccccn3)nn2)C1. The van der Waals surface area contributed by atoms with E-state index in [0.29, 0.717) is 6.04 Å². The highest BCUT2D eigenvalue weighted by molar-refractivity contribution is 5.51. The third kappa shape index (κ3) is 2.28. The Morgan fingerprint density at radius 1 is 1.22 bits per heavy atom. The van der Waals surface area contributed by atoms with E-state index in [9.17, 15) is 0 Å². The summed E-state index contributed by atoms with van der Waals surface area (Å²) in [6.45, 7) is 2.32. The van der Waals surface area contributed by atoms with Crippen molar-refractivity contribution in [2.24, 2.45) is 5.92 Å². The maximum absolute atomic E-state index is 4.31. The van der Waals surface area contributed by atoms with Gasteiger partial charge in [-0.2, -0.15) is 0 Å². The molecule has 4 heteroatoms. The first-order chi connectivity index (χ1) is 8.83. The zero-order valence-electron chi connectivity index (χ0n) is 10.7. The highest BCUT2D eigenvalue weighted by Crippen LogP contribution is 2.32. The molecule has 0 aliphatic heterocycles. The van der Waals surface area contributed by atoms with E-state index in [1.54, 1.807) is 6.20 Å². The van der Waals surface area contributed by atoms with E-state index in [2.05, 4.69) is 22.2 Å². The molecule has 1 aliphatic rings. The van der Waals surface area contributed by atoms with Crippen LogP contribution in [0.15, 0.2) is 30.6 Å². The summed E-state index contributed by atoms with van der Waals surface area (Å²) in [4.78, 5) is 4.31. The van der Waals surface area contributed by atoms with Gasteiger partial charge in [-0.1, -0.05) is 31.0 Å². The fourth-order valence-electron chi connectivity index (χ4n) is 2.73. The van der Waals surface area contributed by atoms with Crippen LogP contribution in [0.1, 0.15) is 38.6 Å². The molecule has 0 N–H and O–H groups in total. The first-order valence-corrected chi connectivity index (χ1v) is 6.66. The number of hydrogen-bond acceptors (Lipinski definition) is 3. The van der Waals surface area contributed by atoms with E-state index in [4.69, 9.17) is 0 Å². The lowest BCUT2D eigenvalue weighted by Gasteiger charge is -2.26. The molecule has 2 atom stereocenters. The molecule has 1 aliphatic carbocycles. The zero-order chi connectivity index (χ0) is 12.4. The molecular weight excluding hydrogens is 224 g/mol. The van der Waals surface area contributed by atoms with E-state index < -0.39 is 0 Å². The molecule has 0 bridgehead atoms. The van der Waals surface area contributed by atoms with Gasteiger partial charge in [0.15, 0.2) is 0 Å². The van der Waals surface area contributed by atoms with E-state index >= 15 is 0 Å². The Hall–Kier alpha value is -1.71. The molecule has 2 aromatic heterocycles. The van der Waals surface area contributed by atoms with Crippen LogP contribution in [-0.4, -0.2) is 20.0 Å². The third-order valence-corrected chi connectivity index (χ3v) is 3.72. The molecule has 0 saturated heterocycles. The summed E-state index contributed by atoms with van der Waals surface area (Å²) in [5.41, 5.74) is 1.77. The van der Waals surface area contributed by atoms with Gasteiger partial charge >= 0.3 is 0 Å².